The molecule has 1 amide bonds. The van der Waals surface area contributed by atoms with E-state index in [0.717, 1.165) is 12.8 Å². The number of carbonyl (C=O) groups excluding carboxylic acids is 1. The summed E-state index contributed by atoms with van der Waals surface area (Å²) >= 11 is 11.9. The van der Waals surface area contributed by atoms with Crippen LogP contribution in [0.3, 0.4) is 0 Å². The van der Waals surface area contributed by atoms with Crippen molar-refractivity contribution >= 4 is 29.1 Å². The topological polar surface area (TPSA) is 38.3 Å². The smallest absolute Gasteiger partial charge is 0.257 e. The molecule has 2 aromatic rings. The van der Waals surface area contributed by atoms with Gasteiger partial charge in [-0.25, -0.2) is 0 Å². The minimum absolute atomic E-state index is 0.0780. The van der Waals surface area contributed by atoms with E-state index in [1.807, 2.05) is 18.2 Å². The lowest BCUT2D eigenvalue weighted by molar-refractivity contribution is -0.123. The zero-order valence-corrected chi connectivity index (χ0v) is 13.5. The number of amides is 1. The highest BCUT2D eigenvalue weighted by molar-refractivity contribution is 6.42. The van der Waals surface area contributed by atoms with Crippen molar-refractivity contribution in [1.29, 1.82) is 0 Å². The van der Waals surface area contributed by atoms with Crippen molar-refractivity contribution in [2.75, 3.05) is 13.2 Å². The van der Waals surface area contributed by atoms with Crippen molar-refractivity contribution in [1.82, 2.24) is 5.32 Å². The van der Waals surface area contributed by atoms with Crippen LogP contribution < -0.4 is 10.1 Å². The molecule has 0 spiro atoms. The molecule has 0 fully saturated rings. The van der Waals surface area contributed by atoms with Crippen molar-refractivity contribution < 1.29 is 9.53 Å². The molecule has 1 N–H and O–H groups in total. The number of nitrogens with one attached hydrogen (secondary N) is 1. The van der Waals surface area contributed by atoms with Gasteiger partial charge in [-0.05, 0) is 30.5 Å². The third-order valence-electron chi connectivity index (χ3n) is 3.08. The van der Waals surface area contributed by atoms with Gasteiger partial charge in [0.15, 0.2) is 6.61 Å². The van der Waals surface area contributed by atoms with Gasteiger partial charge in [0, 0.05) is 6.54 Å². The molecule has 3 nitrogen and oxygen atoms in total. The van der Waals surface area contributed by atoms with Gasteiger partial charge in [0.05, 0.1) is 5.02 Å². The number of hydrogen-bond donors (Lipinski definition) is 1. The fourth-order valence-electron chi connectivity index (χ4n) is 1.95. The summed E-state index contributed by atoms with van der Waals surface area (Å²) in [7, 11) is 0. The number of halogens is 2. The highest BCUT2D eigenvalue weighted by Gasteiger charge is 2.07. The average molecular weight is 338 g/mol. The Morgan fingerprint density at radius 1 is 1.05 bits per heavy atom. The van der Waals surface area contributed by atoms with E-state index in [1.165, 1.54) is 5.56 Å². The number of hydrogen-bond acceptors (Lipinski definition) is 2. The van der Waals surface area contributed by atoms with Crippen molar-refractivity contribution in [2.24, 2.45) is 0 Å². The predicted molar refractivity (Wildman–Crippen MR) is 89.7 cm³/mol. The first-order chi connectivity index (χ1) is 10.7. The normalized spacial score (nSPS) is 10.3. The first kappa shape index (κ1) is 16.7. The summed E-state index contributed by atoms with van der Waals surface area (Å²) in [6, 6.07) is 15.2. The van der Waals surface area contributed by atoms with Crippen molar-refractivity contribution in [3.05, 3.63) is 64.1 Å². The highest BCUT2D eigenvalue weighted by atomic mass is 35.5. The Morgan fingerprint density at radius 3 is 2.59 bits per heavy atom. The molecular weight excluding hydrogens is 321 g/mol. The van der Waals surface area contributed by atoms with Crippen LogP contribution in [0.2, 0.25) is 10.0 Å². The zero-order valence-electron chi connectivity index (χ0n) is 12.0. The first-order valence-corrected chi connectivity index (χ1v) is 7.80. The molecule has 2 rings (SSSR count). The van der Waals surface area contributed by atoms with E-state index in [2.05, 4.69) is 17.4 Å². The SMILES string of the molecule is O=C(COc1cccc(Cl)c1Cl)NCCCc1ccccc1. The van der Waals surface area contributed by atoms with E-state index in [0.29, 0.717) is 22.3 Å². The van der Waals surface area contributed by atoms with Crippen molar-refractivity contribution in [2.45, 2.75) is 12.8 Å². The lowest BCUT2D eigenvalue weighted by Crippen LogP contribution is -2.29. The molecule has 0 saturated carbocycles. The molecule has 0 aliphatic carbocycles. The Labute approximate surface area is 140 Å². The third kappa shape index (κ3) is 5.24. The maximum Gasteiger partial charge on any atom is 0.257 e. The number of benzene rings is 2. The van der Waals surface area contributed by atoms with Gasteiger partial charge in [-0.1, -0.05) is 59.6 Å². The predicted octanol–water partition coefficient (Wildman–Crippen LogP) is 4.12. The maximum atomic E-state index is 11.7. The molecular formula is C17H17Cl2NO2. The number of rotatable bonds is 7. The highest BCUT2D eigenvalue weighted by Crippen LogP contribution is 2.31. The van der Waals surface area contributed by atoms with E-state index in [4.69, 9.17) is 27.9 Å². The molecule has 0 aliphatic rings. The summed E-state index contributed by atoms with van der Waals surface area (Å²) < 4.78 is 5.37. The molecule has 0 aromatic heterocycles. The second kappa shape index (κ2) is 8.66. The van der Waals surface area contributed by atoms with Crippen LogP contribution in [-0.2, 0) is 11.2 Å². The zero-order chi connectivity index (χ0) is 15.8. The molecule has 22 heavy (non-hydrogen) atoms. The van der Waals surface area contributed by atoms with Crippen LogP contribution in [0.4, 0.5) is 0 Å². The Bertz CT molecular complexity index is 617. The molecule has 0 heterocycles. The summed E-state index contributed by atoms with van der Waals surface area (Å²) in [5.41, 5.74) is 1.26. The van der Waals surface area contributed by atoms with Crippen molar-refractivity contribution in [3.8, 4) is 5.75 Å². The van der Waals surface area contributed by atoms with Crippen LogP contribution in [0.25, 0.3) is 0 Å². The second-order valence-corrected chi connectivity index (χ2v) is 5.56. The standard InChI is InChI=1S/C17H17Cl2NO2/c18-14-9-4-10-15(17(14)19)22-12-16(21)20-11-5-8-13-6-2-1-3-7-13/h1-4,6-7,9-10H,5,8,11-12H2,(H,20,21). The molecule has 2 aromatic carbocycles. The van der Waals surface area contributed by atoms with Crippen LogP contribution in [0.5, 0.6) is 5.75 Å². The summed E-state index contributed by atoms with van der Waals surface area (Å²) in [6.45, 7) is 0.533. The van der Waals surface area contributed by atoms with E-state index >= 15 is 0 Å². The minimum Gasteiger partial charge on any atom is -0.482 e. The van der Waals surface area contributed by atoms with Crippen LogP contribution in [0.1, 0.15) is 12.0 Å². The van der Waals surface area contributed by atoms with Gasteiger partial charge in [0.25, 0.3) is 5.91 Å². The van der Waals surface area contributed by atoms with Gasteiger partial charge in [-0.2, -0.15) is 0 Å². The molecule has 0 bridgehead atoms. The summed E-state index contributed by atoms with van der Waals surface area (Å²) in [6.07, 6.45) is 1.82. The maximum absolute atomic E-state index is 11.7. The number of carbonyl (C=O) groups is 1. The van der Waals surface area contributed by atoms with E-state index in [1.54, 1.807) is 18.2 Å². The van der Waals surface area contributed by atoms with Gasteiger partial charge in [0.1, 0.15) is 10.8 Å². The monoisotopic (exact) mass is 337 g/mol. The Morgan fingerprint density at radius 2 is 1.82 bits per heavy atom. The number of ether oxygens (including phenoxy) is 1. The van der Waals surface area contributed by atoms with Crippen LogP contribution >= 0.6 is 23.2 Å². The lowest BCUT2D eigenvalue weighted by Gasteiger charge is -2.09. The van der Waals surface area contributed by atoms with E-state index in [-0.39, 0.29) is 12.5 Å². The molecule has 0 atom stereocenters. The average Bonchev–Trinajstić information content (AvgIpc) is 2.54. The van der Waals surface area contributed by atoms with Crippen LogP contribution in [0, 0.1) is 0 Å². The molecule has 5 heteroatoms. The quantitative estimate of drug-likeness (QED) is 0.771. The fourth-order valence-corrected chi connectivity index (χ4v) is 2.30. The van der Waals surface area contributed by atoms with E-state index in [9.17, 15) is 4.79 Å². The Balaban J connectivity index is 1.67. The molecule has 0 saturated heterocycles. The Hall–Kier alpha value is -1.71. The molecule has 0 unspecified atom stereocenters. The second-order valence-electron chi connectivity index (χ2n) is 4.78. The molecule has 0 aliphatic heterocycles. The van der Waals surface area contributed by atoms with Crippen molar-refractivity contribution in [3.63, 3.8) is 0 Å². The number of aryl methyl sites for hydroxylation is 1. The Kier molecular flexibility index (Phi) is 6.56. The lowest BCUT2D eigenvalue weighted by atomic mass is 10.1. The van der Waals surface area contributed by atoms with Gasteiger partial charge in [-0.15, -0.1) is 0 Å². The largest absolute Gasteiger partial charge is 0.482 e. The summed E-state index contributed by atoms with van der Waals surface area (Å²) in [5.74, 6) is 0.234. The van der Waals surface area contributed by atoms with Crippen LogP contribution in [0.15, 0.2) is 48.5 Å². The van der Waals surface area contributed by atoms with Crippen LogP contribution in [-0.4, -0.2) is 19.1 Å². The summed E-state index contributed by atoms with van der Waals surface area (Å²) in [5, 5.41) is 3.54. The third-order valence-corrected chi connectivity index (χ3v) is 3.88. The van der Waals surface area contributed by atoms with Gasteiger partial charge in [-0.3, -0.25) is 4.79 Å². The molecule has 0 radical (unpaired) electrons. The van der Waals surface area contributed by atoms with Gasteiger partial charge >= 0.3 is 0 Å². The fraction of sp³-hybridized carbons (Fsp3) is 0.235. The first-order valence-electron chi connectivity index (χ1n) is 7.04. The molecule has 116 valence electrons. The minimum atomic E-state index is -0.177. The van der Waals surface area contributed by atoms with Gasteiger partial charge < -0.3 is 10.1 Å². The van der Waals surface area contributed by atoms with E-state index < -0.39 is 0 Å². The summed E-state index contributed by atoms with van der Waals surface area (Å²) in [4.78, 5) is 11.7. The van der Waals surface area contributed by atoms with Gasteiger partial charge in [0.2, 0.25) is 0 Å².